The summed E-state index contributed by atoms with van der Waals surface area (Å²) < 4.78 is 14.7. The van der Waals surface area contributed by atoms with Crippen molar-refractivity contribution in [3.63, 3.8) is 0 Å². The average Bonchev–Trinajstić information content (AvgIpc) is 2.58. The van der Waals surface area contributed by atoms with Crippen LogP contribution in [0.3, 0.4) is 0 Å². The van der Waals surface area contributed by atoms with Crippen molar-refractivity contribution in [2.75, 3.05) is 13.2 Å². The molecule has 142 valence electrons. The van der Waals surface area contributed by atoms with Crippen LogP contribution in [0, 0.1) is 0 Å². The minimum atomic E-state index is -1.87. The summed E-state index contributed by atoms with van der Waals surface area (Å²) in [5, 5.41) is 76.4. The largest absolute Gasteiger partial charge is 0.506 e. The zero-order valence-electron chi connectivity index (χ0n) is 12.3. The molecule has 1 heterocycles. The fourth-order valence-corrected chi connectivity index (χ4v) is 2.23. The van der Waals surface area contributed by atoms with Crippen molar-refractivity contribution in [3.8, 4) is 0 Å². The molecule has 1 saturated heterocycles. The van der Waals surface area contributed by atoms with Crippen LogP contribution in [0.4, 0.5) is 0 Å². The highest BCUT2D eigenvalue weighted by Gasteiger charge is 2.45. The smallest absolute Gasteiger partial charge is 0.229 e. The van der Waals surface area contributed by atoms with E-state index in [1.165, 1.54) is 23.0 Å². The lowest BCUT2D eigenvalue weighted by atomic mass is 9.99. The highest BCUT2D eigenvalue weighted by atomic mass is 127. The molecular formula is C12H21IO11. The Labute approximate surface area is 151 Å². The molecule has 7 atom stereocenters. The monoisotopic (exact) mass is 468 g/mol. The summed E-state index contributed by atoms with van der Waals surface area (Å²) in [6, 6.07) is 0. The molecule has 0 aliphatic carbocycles. The molecule has 0 spiro atoms. The highest BCUT2D eigenvalue weighted by molar-refractivity contribution is 14.1. The fourth-order valence-electron chi connectivity index (χ4n) is 2.00. The van der Waals surface area contributed by atoms with E-state index in [2.05, 4.69) is 3.07 Å². The van der Waals surface area contributed by atoms with E-state index >= 15 is 0 Å². The molecular weight excluding hydrogens is 447 g/mol. The maximum Gasteiger partial charge on any atom is 0.229 e. The van der Waals surface area contributed by atoms with Gasteiger partial charge in [0, 0.05) is 13.0 Å². The molecule has 24 heavy (non-hydrogen) atoms. The van der Waals surface area contributed by atoms with Crippen LogP contribution in [-0.2, 0) is 12.5 Å². The third-order valence-corrected chi connectivity index (χ3v) is 3.85. The number of halogens is 1. The summed E-state index contributed by atoms with van der Waals surface area (Å²) >= 11 is 1.29. The topological polar surface area (TPSA) is 190 Å². The van der Waals surface area contributed by atoms with Gasteiger partial charge in [0.15, 0.2) is 11.5 Å². The van der Waals surface area contributed by atoms with Crippen LogP contribution >= 0.6 is 23.0 Å². The molecule has 1 aliphatic rings. The van der Waals surface area contributed by atoms with E-state index in [1.54, 1.807) is 0 Å². The molecule has 1 rings (SSSR count). The van der Waals surface area contributed by atoms with Gasteiger partial charge >= 0.3 is 0 Å². The van der Waals surface area contributed by atoms with Gasteiger partial charge in [0.2, 0.25) is 12.6 Å². The fraction of sp³-hybridized carbons (Fsp3) is 0.833. The molecule has 0 aromatic carbocycles. The first kappa shape index (κ1) is 21.8. The van der Waals surface area contributed by atoms with Gasteiger partial charge in [0.25, 0.3) is 0 Å². The van der Waals surface area contributed by atoms with Crippen LogP contribution in [0.25, 0.3) is 0 Å². The number of hydrogen-bond donors (Lipinski definition) is 8. The lowest BCUT2D eigenvalue weighted by Gasteiger charge is -2.40. The van der Waals surface area contributed by atoms with Crippen molar-refractivity contribution in [1.82, 2.24) is 0 Å². The van der Waals surface area contributed by atoms with Crippen molar-refractivity contribution in [2.24, 2.45) is 0 Å². The number of ether oxygens (including phenoxy) is 2. The Morgan fingerprint density at radius 1 is 1.08 bits per heavy atom. The lowest BCUT2D eigenvalue weighted by molar-refractivity contribution is -0.297. The molecule has 11 nitrogen and oxygen atoms in total. The third kappa shape index (κ3) is 5.10. The normalized spacial score (nSPS) is 34.4. The second kappa shape index (κ2) is 10.0. The molecule has 0 radical (unpaired) electrons. The Bertz CT molecular complexity index is 418. The molecule has 0 bridgehead atoms. The summed E-state index contributed by atoms with van der Waals surface area (Å²) in [5.41, 5.74) is 0. The molecule has 0 amide bonds. The van der Waals surface area contributed by atoms with E-state index in [9.17, 15) is 30.6 Å². The quantitative estimate of drug-likeness (QED) is 0.103. The molecule has 0 aromatic heterocycles. The van der Waals surface area contributed by atoms with Crippen molar-refractivity contribution in [1.29, 1.82) is 0 Å². The van der Waals surface area contributed by atoms with Crippen molar-refractivity contribution in [2.45, 2.75) is 49.5 Å². The minimum absolute atomic E-state index is 0.276. The first-order chi connectivity index (χ1) is 11.3. The van der Waals surface area contributed by atoms with Crippen LogP contribution < -0.4 is 0 Å². The molecule has 1 fully saturated rings. The van der Waals surface area contributed by atoms with Gasteiger partial charge in [-0.25, -0.2) is 0 Å². The van der Waals surface area contributed by atoms with E-state index in [1.807, 2.05) is 0 Å². The number of aliphatic hydroxyl groups excluding tert-OH is 8. The standard InChI is InChI=1S/C12H21IO11/c13-24-11(21)10(6(17)4(16)1-2-14)23-12-9(20)8(19)7(18)5(3-15)22-12/h4-5,7-9,11-12,14-21H,1-3H2/b10-6+. The Hall–Kier alpha value is -0.290. The van der Waals surface area contributed by atoms with Gasteiger partial charge in [-0.3, -0.25) is 3.07 Å². The van der Waals surface area contributed by atoms with Gasteiger partial charge in [0.05, 0.1) is 6.61 Å². The van der Waals surface area contributed by atoms with Crippen LogP contribution in [0.2, 0.25) is 0 Å². The molecule has 7 unspecified atom stereocenters. The van der Waals surface area contributed by atoms with Crippen molar-refractivity contribution in [3.05, 3.63) is 11.5 Å². The first-order valence-corrected chi connectivity index (χ1v) is 7.81. The first-order valence-electron chi connectivity index (χ1n) is 6.93. The predicted octanol–water partition coefficient (Wildman–Crippen LogP) is -3.00. The summed E-state index contributed by atoms with van der Waals surface area (Å²) in [7, 11) is 0. The van der Waals surface area contributed by atoms with E-state index < -0.39 is 67.8 Å². The van der Waals surface area contributed by atoms with Gasteiger partial charge in [-0.2, -0.15) is 0 Å². The van der Waals surface area contributed by atoms with Gasteiger partial charge in [-0.1, -0.05) is 0 Å². The second-order valence-corrected chi connectivity index (χ2v) is 5.54. The van der Waals surface area contributed by atoms with E-state index in [0.29, 0.717) is 0 Å². The van der Waals surface area contributed by atoms with Gasteiger partial charge in [-0.05, 0) is 0 Å². The summed E-state index contributed by atoms with van der Waals surface area (Å²) in [6.45, 7) is -1.17. The molecule has 12 heteroatoms. The Morgan fingerprint density at radius 3 is 2.21 bits per heavy atom. The molecule has 0 saturated carbocycles. The summed E-state index contributed by atoms with van der Waals surface area (Å²) in [4.78, 5) is 0. The third-order valence-electron chi connectivity index (χ3n) is 3.37. The van der Waals surface area contributed by atoms with Gasteiger partial charge < -0.3 is 50.3 Å². The Kier molecular flexibility index (Phi) is 9.07. The maximum absolute atomic E-state index is 9.92. The zero-order chi connectivity index (χ0) is 18.4. The summed E-state index contributed by atoms with van der Waals surface area (Å²) in [6.07, 6.45) is -11.8. The zero-order valence-corrected chi connectivity index (χ0v) is 14.5. The highest BCUT2D eigenvalue weighted by Crippen LogP contribution is 2.27. The Morgan fingerprint density at radius 2 is 1.71 bits per heavy atom. The molecule has 0 aromatic rings. The maximum atomic E-state index is 9.92. The van der Waals surface area contributed by atoms with Crippen LogP contribution in [0.1, 0.15) is 6.42 Å². The van der Waals surface area contributed by atoms with Crippen LogP contribution in [0.5, 0.6) is 0 Å². The summed E-state index contributed by atoms with van der Waals surface area (Å²) in [5.74, 6) is -1.61. The Balaban J connectivity index is 3.03. The SMILES string of the molecule is OCCC(O)/C(O)=C(\OC1OC(CO)C(O)C(O)C1O)C(O)OI. The number of rotatable bonds is 8. The van der Waals surface area contributed by atoms with E-state index in [0.717, 1.165) is 0 Å². The lowest BCUT2D eigenvalue weighted by Crippen LogP contribution is -2.59. The number of aliphatic hydroxyl groups is 8. The van der Waals surface area contributed by atoms with E-state index in [-0.39, 0.29) is 6.42 Å². The average molecular weight is 468 g/mol. The van der Waals surface area contributed by atoms with Crippen molar-refractivity contribution >= 4 is 23.0 Å². The van der Waals surface area contributed by atoms with Crippen LogP contribution in [0.15, 0.2) is 11.5 Å². The van der Waals surface area contributed by atoms with Gasteiger partial charge in [0.1, 0.15) is 53.5 Å². The molecule has 1 aliphatic heterocycles. The molecule has 8 N–H and O–H groups in total. The second-order valence-electron chi connectivity index (χ2n) is 5.03. The van der Waals surface area contributed by atoms with Crippen molar-refractivity contribution < 1.29 is 53.4 Å². The predicted molar refractivity (Wildman–Crippen MR) is 83.3 cm³/mol. The van der Waals surface area contributed by atoms with Gasteiger partial charge in [-0.15, -0.1) is 0 Å². The van der Waals surface area contributed by atoms with Crippen LogP contribution in [-0.4, -0.2) is 97.2 Å². The number of hydrogen-bond acceptors (Lipinski definition) is 11. The minimum Gasteiger partial charge on any atom is -0.506 e. The van der Waals surface area contributed by atoms with E-state index in [4.69, 9.17) is 19.7 Å².